The molecule has 6 nitrogen and oxygen atoms in total. The zero-order chi connectivity index (χ0) is 26.8. The molecule has 0 saturated heterocycles. The number of rotatable bonds is 8. The molecule has 0 saturated carbocycles. The van der Waals surface area contributed by atoms with E-state index in [9.17, 15) is 18.3 Å². The van der Waals surface area contributed by atoms with Crippen molar-refractivity contribution in [2.24, 2.45) is 0 Å². The maximum atomic E-state index is 14.2. The zero-order valence-electron chi connectivity index (χ0n) is 20.8. The van der Waals surface area contributed by atoms with Crippen molar-refractivity contribution in [3.63, 3.8) is 0 Å². The van der Waals surface area contributed by atoms with Crippen LogP contribution in [0.15, 0.2) is 59.5 Å². The molecule has 0 aromatic heterocycles. The number of aryl methyl sites for hydroxylation is 1. The fraction of sp³-hybridized carbons (Fsp3) is 0.296. The van der Waals surface area contributed by atoms with Crippen LogP contribution in [-0.4, -0.2) is 25.1 Å². The van der Waals surface area contributed by atoms with Crippen molar-refractivity contribution in [1.29, 1.82) is 0 Å². The molecule has 0 fully saturated rings. The molecule has 3 rings (SSSR count). The first-order valence-electron chi connectivity index (χ1n) is 11.2. The van der Waals surface area contributed by atoms with Gasteiger partial charge in [-0.25, -0.2) is 13.2 Å². The molecular formula is C27H29Cl2NO5S. The Balaban J connectivity index is 2.20. The Kier molecular flexibility index (Phi) is 8.41. The molecule has 3 aromatic rings. The highest BCUT2D eigenvalue weighted by molar-refractivity contribution is 7.92. The first-order chi connectivity index (χ1) is 16.7. The fourth-order valence-electron chi connectivity index (χ4n) is 3.74. The van der Waals surface area contributed by atoms with Crippen LogP contribution < -0.4 is 4.31 Å². The van der Waals surface area contributed by atoms with E-state index in [0.29, 0.717) is 26.7 Å². The van der Waals surface area contributed by atoms with E-state index in [1.165, 1.54) is 12.1 Å². The van der Waals surface area contributed by atoms with Crippen molar-refractivity contribution >= 4 is 44.9 Å². The number of sulfonamides is 1. The number of aromatic carboxylic acids is 1. The van der Waals surface area contributed by atoms with Gasteiger partial charge in [0, 0.05) is 15.6 Å². The summed E-state index contributed by atoms with van der Waals surface area (Å²) in [4.78, 5) is 11.9. The largest absolute Gasteiger partial charge is 0.478 e. The summed E-state index contributed by atoms with van der Waals surface area (Å²) in [6.45, 7) is 9.21. The summed E-state index contributed by atoms with van der Waals surface area (Å²) in [5.41, 5.74) is 1.99. The van der Waals surface area contributed by atoms with Crippen LogP contribution >= 0.6 is 23.2 Å². The molecule has 0 heterocycles. The predicted octanol–water partition coefficient (Wildman–Crippen LogP) is 7.02. The highest BCUT2D eigenvalue weighted by atomic mass is 35.5. The SMILES string of the molecule is Cc1cc(COC(C)(C)C)cc(S(=O)(=O)N(Cc2c(Cl)cccc2Cl)c2cccc(C(=O)O)c2C)c1. The van der Waals surface area contributed by atoms with Crippen LogP contribution in [0.3, 0.4) is 0 Å². The molecule has 9 heteroatoms. The zero-order valence-corrected chi connectivity index (χ0v) is 23.1. The van der Waals surface area contributed by atoms with Gasteiger partial charge in [0.15, 0.2) is 0 Å². The normalized spacial score (nSPS) is 12.0. The van der Waals surface area contributed by atoms with Gasteiger partial charge in [-0.2, -0.15) is 0 Å². The Hall–Kier alpha value is -2.58. The average molecular weight is 551 g/mol. The van der Waals surface area contributed by atoms with Crippen molar-refractivity contribution in [1.82, 2.24) is 0 Å². The molecule has 1 N–H and O–H groups in total. The number of hydrogen-bond donors (Lipinski definition) is 1. The summed E-state index contributed by atoms with van der Waals surface area (Å²) >= 11 is 12.8. The lowest BCUT2D eigenvalue weighted by Gasteiger charge is -2.28. The third kappa shape index (κ3) is 6.40. The van der Waals surface area contributed by atoms with E-state index in [1.54, 1.807) is 43.3 Å². The molecule has 3 aromatic carbocycles. The topological polar surface area (TPSA) is 83.9 Å². The highest BCUT2D eigenvalue weighted by Crippen LogP contribution is 2.34. The molecule has 0 amide bonds. The second kappa shape index (κ2) is 10.8. The Bertz CT molecular complexity index is 1380. The molecule has 192 valence electrons. The number of halogens is 2. The van der Waals surface area contributed by atoms with Crippen LogP contribution in [-0.2, 0) is 27.9 Å². The minimum atomic E-state index is -4.18. The van der Waals surface area contributed by atoms with Crippen LogP contribution in [0.2, 0.25) is 10.0 Å². The summed E-state index contributed by atoms with van der Waals surface area (Å²) < 4.78 is 35.3. The van der Waals surface area contributed by atoms with Gasteiger partial charge in [0.1, 0.15) is 0 Å². The lowest BCUT2D eigenvalue weighted by atomic mass is 10.1. The molecule has 0 atom stereocenters. The Morgan fingerprint density at radius 1 is 1.00 bits per heavy atom. The van der Waals surface area contributed by atoms with Crippen molar-refractivity contribution in [3.8, 4) is 0 Å². The van der Waals surface area contributed by atoms with Crippen LogP contribution in [0.5, 0.6) is 0 Å². The lowest BCUT2D eigenvalue weighted by molar-refractivity contribution is -0.0150. The number of carboxylic acid groups (broad SMARTS) is 1. The van der Waals surface area contributed by atoms with E-state index in [1.807, 2.05) is 33.8 Å². The van der Waals surface area contributed by atoms with E-state index in [-0.39, 0.29) is 29.3 Å². The first kappa shape index (κ1) is 28.0. The van der Waals surface area contributed by atoms with Crippen LogP contribution in [0, 0.1) is 13.8 Å². The van der Waals surface area contributed by atoms with Gasteiger partial charge in [-0.1, -0.05) is 41.4 Å². The molecule has 0 radical (unpaired) electrons. The van der Waals surface area contributed by atoms with Gasteiger partial charge >= 0.3 is 5.97 Å². The third-order valence-electron chi connectivity index (χ3n) is 5.54. The standard InChI is InChI=1S/C27H29Cl2NO5S/c1-17-12-19(16-35-27(3,4)5)14-20(13-17)36(33,34)30(15-22-23(28)9-7-10-24(22)29)25-11-6-8-21(18(25)2)26(31)32/h6-14H,15-16H2,1-5H3,(H,31,32). The molecule has 36 heavy (non-hydrogen) atoms. The molecule has 0 aliphatic heterocycles. The third-order valence-corrected chi connectivity index (χ3v) is 7.98. The van der Waals surface area contributed by atoms with E-state index < -0.39 is 21.6 Å². The average Bonchev–Trinajstić information content (AvgIpc) is 2.77. The van der Waals surface area contributed by atoms with Gasteiger partial charge in [-0.05, 0) is 87.7 Å². The van der Waals surface area contributed by atoms with Gasteiger partial charge in [-0.3, -0.25) is 4.31 Å². The molecule has 0 bridgehead atoms. The Morgan fingerprint density at radius 2 is 1.61 bits per heavy atom. The van der Waals surface area contributed by atoms with Crippen molar-refractivity contribution < 1.29 is 23.1 Å². The second-order valence-electron chi connectivity index (χ2n) is 9.52. The van der Waals surface area contributed by atoms with Crippen LogP contribution in [0.25, 0.3) is 0 Å². The summed E-state index contributed by atoms with van der Waals surface area (Å²) in [7, 11) is -4.18. The van der Waals surface area contributed by atoms with Crippen LogP contribution in [0.1, 0.15) is 53.4 Å². The first-order valence-corrected chi connectivity index (χ1v) is 13.4. The smallest absolute Gasteiger partial charge is 0.336 e. The lowest BCUT2D eigenvalue weighted by Crippen LogP contribution is -2.32. The van der Waals surface area contributed by atoms with Crippen molar-refractivity contribution in [3.05, 3.63) is 92.5 Å². The van der Waals surface area contributed by atoms with Crippen molar-refractivity contribution in [2.45, 2.75) is 58.3 Å². The number of hydrogen-bond acceptors (Lipinski definition) is 4. The van der Waals surface area contributed by atoms with E-state index >= 15 is 0 Å². The van der Waals surface area contributed by atoms with Gasteiger partial charge < -0.3 is 9.84 Å². The molecular weight excluding hydrogens is 521 g/mol. The number of anilines is 1. The van der Waals surface area contributed by atoms with E-state index in [2.05, 4.69) is 0 Å². The fourth-order valence-corrected chi connectivity index (χ4v) is 5.90. The Labute approximate surface area is 222 Å². The quantitative estimate of drug-likeness (QED) is 0.326. The van der Waals surface area contributed by atoms with E-state index in [0.717, 1.165) is 9.87 Å². The minimum absolute atomic E-state index is 0.00136. The maximum Gasteiger partial charge on any atom is 0.336 e. The van der Waals surface area contributed by atoms with Crippen LogP contribution in [0.4, 0.5) is 5.69 Å². The predicted molar refractivity (Wildman–Crippen MR) is 144 cm³/mol. The summed E-state index contributed by atoms with van der Waals surface area (Å²) in [6.07, 6.45) is 0. The second-order valence-corrected chi connectivity index (χ2v) is 12.2. The minimum Gasteiger partial charge on any atom is -0.478 e. The summed E-state index contributed by atoms with van der Waals surface area (Å²) in [5.74, 6) is -1.15. The molecule has 0 spiro atoms. The van der Waals surface area contributed by atoms with Crippen molar-refractivity contribution in [2.75, 3.05) is 4.31 Å². The van der Waals surface area contributed by atoms with E-state index in [4.69, 9.17) is 27.9 Å². The van der Waals surface area contributed by atoms with Gasteiger partial charge in [0.25, 0.3) is 10.0 Å². The number of benzene rings is 3. The Morgan fingerprint density at radius 3 is 2.19 bits per heavy atom. The van der Waals surface area contributed by atoms with Gasteiger partial charge in [0.2, 0.25) is 0 Å². The number of nitrogens with zero attached hydrogens (tertiary/aromatic N) is 1. The number of carbonyl (C=O) groups is 1. The summed E-state index contributed by atoms with van der Waals surface area (Å²) in [5, 5.41) is 10.3. The molecule has 0 aliphatic carbocycles. The summed E-state index contributed by atoms with van der Waals surface area (Å²) in [6, 6.07) is 14.5. The van der Waals surface area contributed by atoms with Gasteiger partial charge in [0.05, 0.1) is 34.9 Å². The van der Waals surface area contributed by atoms with Gasteiger partial charge in [-0.15, -0.1) is 0 Å². The monoisotopic (exact) mass is 549 g/mol. The number of ether oxygens (including phenoxy) is 1. The molecule has 0 aliphatic rings. The maximum absolute atomic E-state index is 14.2. The highest BCUT2D eigenvalue weighted by Gasteiger charge is 2.30. The number of carboxylic acids is 1. The molecule has 0 unspecified atom stereocenters.